The summed E-state index contributed by atoms with van der Waals surface area (Å²) in [5.74, 6) is -0.420. The summed E-state index contributed by atoms with van der Waals surface area (Å²) in [4.78, 5) is 11.2. The van der Waals surface area contributed by atoms with Gasteiger partial charge in [-0.15, -0.1) is 0 Å². The minimum atomic E-state index is -1.19. The first-order chi connectivity index (χ1) is 7.99. The van der Waals surface area contributed by atoms with Crippen LogP contribution in [-0.4, -0.2) is 26.5 Å². The van der Waals surface area contributed by atoms with E-state index in [0.29, 0.717) is 0 Å². The quantitative estimate of drug-likeness (QED) is 0.487. The largest absolute Gasteiger partial charge is 0.464 e. The third kappa shape index (κ3) is 3.64. The summed E-state index contributed by atoms with van der Waals surface area (Å²) in [6.07, 6.45) is -1.19. The number of esters is 1. The van der Waals surface area contributed by atoms with Crippen molar-refractivity contribution in [3.05, 3.63) is 27.2 Å². The van der Waals surface area contributed by atoms with Gasteiger partial charge in [-0.05, 0) is 0 Å². The van der Waals surface area contributed by atoms with Crippen LogP contribution in [0.2, 0.25) is 15.1 Å². The number of benzene rings is 1. The van der Waals surface area contributed by atoms with Gasteiger partial charge in [0.2, 0.25) is 0 Å². The Bertz CT molecular complexity index is 399. The van der Waals surface area contributed by atoms with Gasteiger partial charge in [-0.2, -0.15) is 0 Å². The van der Waals surface area contributed by atoms with Crippen LogP contribution in [0.3, 0.4) is 0 Å². The van der Waals surface area contributed by atoms with Crippen LogP contribution >= 0.6 is 34.8 Å². The van der Waals surface area contributed by atoms with E-state index < -0.39 is 12.3 Å². The summed E-state index contributed by atoms with van der Waals surface area (Å²) in [6.45, 7) is 0. The molecule has 1 aromatic rings. The molecule has 1 aromatic carbocycles. The van der Waals surface area contributed by atoms with Gasteiger partial charge in [-0.25, -0.2) is 4.79 Å². The highest BCUT2D eigenvalue weighted by molar-refractivity contribution is 6.48. The maximum absolute atomic E-state index is 11.2. The van der Waals surface area contributed by atoms with Crippen LogP contribution in [0.5, 0.6) is 5.75 Å². The summed E-state index contributed by atoms with van der Waals surface area (Å²) in [5.41, 5.74) is 0. The van der Waals surface area contributed by atoms with Crippen LogP contribution < -0.4 is 4.74 Å². The minimum Gasteiger partial charge on any atom is -0.464 e. The topological polar surface area (TPSA) is 44.8 Å². The van der Waals surface area contributed by atoms with Gasteiger partial charge in [0.05, 0.1) is 22.2 Å². The molecule has 0 spiro atoms. The Morgan fingerprint density at radius 2 is 1.71 bits per heavy atom. The van der Waals surface area contributed by atoms with E-state index in [2.05, 4.69) is 4.74 Å². The molecule has 1 rings (SSSR count). The summed E-state index contributed by atoms with van der Waals surface area (Å²) < 4.78 is 14.5. The Balaban J connectivity index is 2.91. The monoisotopic (exact) mass is 298 g/mol. The van der Waals surface area contributed by atoms with Crippen LogP contribution in [0.4, 0.5) is 0 Å². The number of methoxy groups -OCH3 is 2. The Morgan fingerprint density at radius 1 is 1.18 bits per heavy atom. The van der Waals surface area contributed by atoms with Gasteiger partial charge in [0, 0.05) is 19.2 Å². The molecular weight excluding hydrogens is 290 g/mol. The Hall–Kier alpha value is -0.680. The summed E-state index contributed by atoms with van der Waals surface area (Å²) in [5, 5.41) is 0.649. The Labute approximate surface area is 113 Å². The molecule has 0 saturated heterocycles. The van der Waals surface area contributed by atoms with Crippen molar-refractivity contribution in [3.8, 4) is 5.75 Å². The second-order valence-electron chi connectivity index (χ2n) is 2.91. The lowest BCUT2D eigenvalue weighted by Crippen LogP contribution is -2.30. The molecule has 4 nitrogen and oxygen atoms in total. The minimum absolute atomic E-state index is 0.215. The summed E-state index contributed by atoms with van der Waals surface area (Å²) >= 11 is 17.4. The molecule has 7 heteroatoms. The number of carbonyl (C=O) groups excluding carboxylic acids is 1. The Morgan fingerprint density at radius 3 is 2.12 bits per heavy atom. The molecule has 94 valence electrons. The standard InChI is InChI=1S/C10H9Cl3O4/c1-15-9(14)10(16-2)17-5-3-6(11)8(13)7(12)4-5/h3-4,10H,1-2H3. The normalized spacial score (nSPS) is 12.1. The summed E-state index contributed by atoms with van der Waals surface area (Å²) in [6, 6.07) is 2.84. The first-order valence-corrected chi connectivity index (χ1v) is 5.54. The lowest BCUT2D eigenvalue weighted by Gasteiger charge is -2.15. The number of hydrogen-bond donors (Lipinski definition) is 0. The molecule has 0 heterocycles. The van der Waals surface area contributed by atoms with Crippen LogP contribution in [0, 0.1) is 0 Å². The molecule has 0 aliphatic rings. The van der Waals surface area contributed by atoms with Crippen molar-refractivity contribution in [3.63, 3.8) is 0 Å². The molecule has 1 atom stereocenters. The predicted octanol–water partition coefficient (Wildman–Crippen LogP) is 3.17. The smallest absolute Gasteiger partial charge is 0.376 e. The number of carbonyl (C=O) groups is 1. The number of rotatable bonds is 4. The lowest BCUT2D eigenvalue weighted by atomic mass is 10.3. The van der Waals surface area contributed by atoms with Crippen molar-refractivity contribution < 1.29 is 19.0 Å². The SMILES string of the molecule is COC(=O)C(OC)Oc1cc(Cl)c(Cl)c(Cl)c1. The highest BCUT2D eigenvalue weighted by Gasteiger charge is 2.21. The van der Waals surface area contributed by atoms with Crippen LogP contribution in [0.25, 0.3) is 0 Å². The van der Waals surface area contributed by atoms with Crippen molar-refractivity contribution in [2.24, 2.45) is 0 Å². The average molecular weight is 300 g/mol. The van der Waals surface area contributed by atoms with Gasteiger partial charge in [0.1, 0.15) is 5.75 Å². The van der Waals surface area contributed by atoms with E-state index in [1.165, 1.54) is 26.4 Å². The summed E-state index contributed by atoms with van der Waals surface area (Å²) in [7, 11) is 2.53. The molecule has 0 N–H and O–H groups in total. The molecule has 0 aliphatic carbocycles. The number of halogens is 3. The van der Waals surface area contributed by atoms with Gasteiger partial charge in [0.15, 0.2) is 0 Å². The molecule has 0 fully saturated rings. The number of hydrogen-bond acceptors (Lipinski definition) is 4. The van der Waals surface area contributed by atoms with Crippen LogP contribution in [-0.2, 0) is 14.3 Å². The molecule has 0 aromatic heterocycles. The first-order valence-electron chi connectivity index (χ1n) is 4.41. The highest BCUT2D eigenvalue weighted by Crippen LogP contribution is 2.34. The molecular formula is C10H9Cl3O4. The van der Waals surface area contributed by atoms with Crippen molar-refractivity contribution in [2.45, 2.75) is 6.29 Å². The molecule has 0 saturated carbocycles. The van der Waals surface area contributed by atoms with Crippen molar-refractivity contribution in [1.29, 1.82) is 0 Å². The zero-order chi connectivity index (χ0) is 13.0. The molecule has 0 radical (unpaired) electrons. The first kappa shape index (κ1) is 14.4. The van der Waals surface area contributed by atoms with Crippen molar-refractivity contribution >= 4 is 40.8 Å². The van der Waals surface area contributed by atoms with Gasteiger partial charge < -0.3 is 14.2 Å². The molecule has 17 heavy (non-hydrogen) atoms. The molecule has 1 unspecified atom stereocenters. The fourth-order valence-electron chi connectivity index (χ4n) is 1.01. The van der Waals surface area contributed by atoms with E-state index in [4.69, 9.17) is 44.3 Å². The zero-order valence-corrected chi connectivity index (χ0v) is 11.3. The lowest BCUT2D eigenvalue weighted by molar-refractivity contribution is -0.170. The fraction of sp³-hybridized carbons (Fsp3) is 0.300. The van der Waals surface area contributed by atoms with E-state index in [1.807, 2.05) is 0 Å². The van der Waals surface area contributed by atoms with E-state index in [-0.39, 0.29) is 20.8 Å². The second-order valence-corrected chi connectivity index (χ2v) is 4.10. The highest BCUT2D eigenvalue weighted by atomic mass is 35.5. The zero-order valence-electron chi connectivity index (χ0n) is 9.00. The molecule has 0 aliphatic heterocycles. The van der Waals surface area contributed by atoms with E-state index in [0.717, 1.165) is 0 Å². The van der Waals surface area contributed by atoms with Gasteiger partial charge in [0.25, 0.3) is 6.29 Å². The van der Waals surface area contributed by atoms with E-state index >= 15 is 0 Å². The third-order valence-electron chi connectivity index (χ3n) is 1.81. The van der Waals surface area contributed by atoms with Crippen molar-refractivity contribution in [1.82, 2.24) is 0 Å². The van der Waals surface area contributed by atoms with Crippen molar-refractivity contribution in [2.75, 3.05) is 14.2 Å². The van der Waals surface area contributed by atoms with Crippen LogP contribution in [0.15, 0.2) is 12.1 Å². The van der Waals surface area contributed by atoms with Gasteiger partial charge in [-0.3, -0.25) is 0 Å². The fourth-order valence-corrected chi connectivity index (χ4v) is 1.59. The van der Waals surface area contributed by atoms with E-state index in [1.54, 1.807) is 0 Å². The van der Waals surface area contributed by atoms with Gasteiger partial charge >= 0.3 is 5.97 Å². The maximum Gasteiger partial charge on any atom is 0.376 e. The van der Waals surface area contributed by atoms with Crippen LogP contribution in [0.1, 0.15) is 0 Å². The predicted molar refractivity (Wildman–Crippen MR) is 64.9 cm³/mol. The molecule has 0 amide bonds. The Kier molecular flexibility index (Phi) is 5.33. The number of ether oxygens (including phenoxy) is 3. The third-order valence-corrected chi connectivity index (χ3v) is 3.01. The average Bonchev–Trinajstić information content (AvgIpc) is 2.31. The maximum atomic E-state index is 11.2. The van der Waals surface area contributed by atoms with E-state index in [9.17, 15) is 4.79 Å². The van der Waals surface area contributed by atoms with Gasteiger partial charge in [-0.1, -0.05) is 34.8 Å². The molecule has 0 bridgehead atoms. The second kappa shape index (κ2) is 6.31.